The number of para-hydroxylation sites is 1. The lowest BCUT2D eigenvalue weighted by Crippen LogP contribution is -2.09. The first-order chi connectivity index (χ1) is 10.4. The summed E-state index contributed by atoms with van der Waals surface area (Å²) in [4.78, 5) is 0. The molecule has 1 aromatic rings. The molecule has 0 saturated heterocycles. The molecule has 1 N–H and O–H groups in total. The van der Waals surface area contributed by atoms with Gasteiger partial charge in [-0.3, -0.25) is 0 Å². The highest BCUT2D eigenvalue weighted by Crippen LogP contribution is 2.17. The molecular weight excluding hydrogens is 272 g/mol. The highest BCUT2D eigenvalue weighted by atomic mass is 16.5. The van der Waals surface area contributed by atoms with Crippen LogP contribution in [0.5, 0.6) is 5.75 Å². The first kappa shape index (κ1) is 17.9. The van der Waals surface area contributed by atoms with Gasteiger partial charge >= 0.3 is 0 Å². The van der Waals surface area contributed by atoms with Crippen molar-refractivity contribution in [2.75, 3.05) is 46.8 Å². The standard InChI is InChI=1S/C16H26O5/c1-18-10-11-20-13-12-19-8-4-5-9-21-16-7-3-2-6-15(16)14-17/h2-3,6-7,17H,4-5,8-14H2,1H3. The molecule has 0 aromatic heterocycles. The van der Waals surface area contributed by atoms with E-state index in [4.69, 9.17) is 18.9 Å². The van der Waals surface area contributed by atoms with Crippen molar-refractivity contribution < 1.29 is 24.1 Å². The molecule has 1 aromatic carbocycles. The van der Waals surface area contributed by atoms with E-state index in [1.54, 1.807) is 7.11 Å². The zero-order chi connectivity index (χ0) is 15.2. The van der Waals surface area contributed by atoms with Crippen LogP contribution in [0, 0.1) is 0 Å². The number of rotatable bonds is 13. The number of aliphatic hydroxyl groups excluding tert-OH is 1. The third-order valence-electron chi connectivity index (χ3n) is 2.89. The number of benzene rings is 1. The monoisotopic (exact) mass is 298 g/mol. The van der Waals surface area contributed by atoms with Gasteiger partial charge in [0.15, 0.2) is 0 Å². The van der Waals surface area contributed by atoms with Crippen LogP contribution in [0.1, 0.15) is 18.4 Å². The van der Waals surface area contributed by atoms with Gasteiger partial charge in [-0.2, -0.15) is 0 Å². The summed E-state index contributed by atoms with van der Waals surface area (Å²) in [7, 11) is 1.65. The van der Waals surface area contributed by atoms with Crippen LogP contribution in [-0.2, 0) is 20.8 Å². The van der Waals surface area contributed by atoms with E-state index < -0.39 is 0 Å². The van der Waals surface area contributed by atoms with Crippen LogP contribution in [0.3, 0.4) is 0 Å². The van der Waals surface area contributed by atoms with Gasteiger partial charge in [0.2, 0.25) is 0 Å². The summed E-state index contributed by atoms with van der Waals surface area (Å²) < 4.78 is 21.3. The molecule has 0 bridgehead atoms. The maximum atomic E-state index is 9.18. The Morgan fingerprint density at radius 1 is 0.857 bits per heavy atom. The molecule has 0 amide bonds. The molecular formula is C16H26O5. The van der Waals surface area contributed by atoms with E-state index in [0.717, 1.165) is 24.2 Å². The van der Waals surface area contributed by atoms with Gasteiger partial charge in [0, 0.05) is 19.3 Å². The lowest BCUT2D eigenvalue weighted by molar-refractivity contribution is 0.0235. The third kappa shape index (κ3) is 8.67. The fourth-order valence-electron chi connectivity index (χ4n) is 1.73. The van der Waals surface area contributed by atoms with E-state index in [2.05, 4.69) is 0 Å². The smallest absolute Gasteiger partial charge is 0.124 e. The predicted molar refractivity (Wildman–Crippen MR) is 80.6 cm³/mol. The van der Waals surface area contributed by atoms with Crippen molar-refractivity contribution in [2.45, 2.75) is 19.4 Å². The molecule has 0 heterocycles. The van der Waals surface area contributed by atoms with Crippen LogP contribution in [0.15, 0.2) is 24.3 Å². The van der Waals surface area contributed by atoms with Crippen molar-refractivity contribution in [3.05, 3.63) is 29.8 Å². The van der Waals surface area contributed by atoms with E-state index >= 15 is 0 Å². The van der Waals surface area contributed by atoms with E-state index in [0.29, 0.717) is 39.6 Å². The van der Waals surface area contributed by atoms with E-state index in [-0.39, 0.29) is 6.61 Å². The number of methoxy groups -OCH3 is 1. The molecule has 0 aliphatic carbocycles. The van der Waals surface area contributed by atoms with Crippen LogP contribution in [-0.4, -0.2) is 51.9 Å². The minimum Gasteiger partial charge on any atom is -0.493 e. The summed E-state index contributed by atoms with van der Waals surface area (Å²) >= 11 is 0. The molecule has 5 nitrogen and oxygen atoms in total. The lowest BCUT2D eigenvalue weighted by atomic mass is 10.2. The molecule has 1 rings (SSSR count). The van der Waals surface area contributed by atoms with Crippen molar-refractivity contribution in [3.8, 4) is 5.75 Å². The number of hydrogen-bond acceptors (Lipinski definition) is 5. The second-order valence-corrected chi connectivity index (χ2v) is 4.54. The summed E-state index contributed by atoms with van der Waals surface area (Å²) in [5, 5.41) is 9.18. The van der Waals surface area contributed by atoms with Crippen LogP contribution in [0.2, 0.25) is 0 Å². The number of unbranched alkanes of at least 4 members (excludes halogenated alkanes) is 1. The molecule has 0 aliphatic heterocycles. The molecule has 5 heteroatoms. The van der Waals surface area contributed by atoms with Gasteiger partial charge in [-0.15, -0.1) is 0 Å². The average molecular weight is 298 g/mol. The molecule has 0 unspecified atom stereocenters. The SMILES string of the molecule is COCCOCCOCCCCOc1ccccc1CO. The summed E-state index contributed by atoms with van der Waals surface area (Å²) in [6, 6.07) is 7.53. The number of ether oxygens (including phenoxy) is 4. The molecule has 0 radical (unpaired) electrons. The molecule has 0 aliphatic rings. The molecule has 0 spiro atoms. The van der Waals surface area contributed by atoms with Crippen LogP contribution in [0.4, 0.5) is 0 Å². The Morgan fingerprint density at radius 3 is 2.29 bits per heavy atom. The highest BCUT2D eigenvalue weighted by Gasteiger charge is 2.00. The van der Waals surface area contributed by atoms with Crippen molar-refractivity contribution >= 4 is 0 Å². The van der Waals surface area contributed by atoms with Crippen LogP contribution < -0.4 is 4.74 Å². The average Bonchev–Trinajstić information content (AvgIpc) is 2.53. The van der Waals surface area contributed by atoms with Crippen molar-refractivity contribution in [3.63, 3.8) is 0 Å². The molecule has 0 atom stereocenters. The zero-order valence-corrected chi connectivity index (χ0v) is 12.8. The van der Waals surface area contributed by atoms with E-state index in [1.165, 1.54) is 0 Å². The fraction of sp³-hybridized carbons (Fsp3) is 0.625. The Hall–Kier alpha value is -1.14. The third-order valence-corrected chi connectivity index (χ3v) is 2.89. The van der Waals surface area contributed by atoms with Gasteiger partial charge in [0.1, 0.15) is 5.75 Å². The largest absolute Gasteiger partial charge is 0.493 e. The Bertz CT molecular complexity index is 356. The quantitative estimate of drug-likeness (QED) is 0.565. The first-order valence-electron chi connectivity index (χ1n) is 7.34. The lowest BCUT2D eigenvalue weighted by Gasteiger charge is -2.10. The summed E-state index contributed by atoms with van der Waals surface area (Å²) in [5.41, 5.74) is 0.821. The Kier molecular flexibility index (Phi) is 10.7. The summed E-state index contributed by atoms with van der Waals surface area (Å²) in [6.45, 7) is 3.78. The first-order valence-corrected chi connectivity index (χ1v) is 7.34. The fourth-order valence-corrected chi connectivity index (χ4v) is 1.73. The minimum absolute atomic E-state index is 0.00234. The van der Waals surface area contributed by atoms with Crippen molar-refractivity contribution in [1.29, 1.82) is 0 Å². The van der Waals surface area contributed by atoms with Gasteiger partial charge in [0.25, 0.3) is 0 Å². The highest BCUT2D eigenvalue weighted by molar-refractivity contribution is 5.32. The van der Waals surface area contributed by atoms with Gasteiger partial charge in [-0.25, -0.2) is 0 Å². The maximum absolute atomic E-state index is 9.18. The second kappa shape index (κ2) is 12.6. The van der Waals surface area contributed by atoms with Crippen molar-refractivity contribution in [2.24, 2.45) is 0 Å². The van der Waals surface area contributed by atoms with Crippen LogP contribution >= 0.6 is 0 Å². The normalized spacial score (nSPS) is 10.8. The van der Waals surface area contributed by atoms with Crippen molar-refractivity contribution in [1.82, 2.24) is 0 Å². The maximum Gasteiger partial charge on any atom is 0.124 e. The van der Waals surface area contributed by atoms with Gasteiger partial charge in [-0.05, 0) is 18.9 Å². The van der Waals surface area contributed by atoms with Gasteiger partial charge < -0.3 is 24.1 Å². The molecule has 0 fully saturated rings. The number of aliphatic hydroxyl groups is 1. The minimum atomic E-state index is 0.00234. The molecule has 0 saturated carbocycles. The summed E-state index contributed by atoms with van der Waals surface area (Å²) in [6.07, 6.45) is 1.86. The Morgan fingerprint density at radius 2 is 1.52 bits per heavy atom. The van der Waals surface area contributed by atoms with Gasteiger partial charge in [0.05, 0.1) is 39.6 Å². The zero-order valence-electron chi connectivity index (χ0n) is 12.8. The van der Waals surface area contributed by atoms with Crippen LogP contribution in [0.25, 0.3) is 0 Å². The predicted octanol–water partition coefficient (Wildman–Crippen LogP) is 2.02. The molecule has 21 heavy (non-hydrogen) atoms. The second-order valence-electron chi connectivity index (χ2n) is 4.54. The molecule has 120 valence electrons. The van der Waals surface area contributed by atoms with E-state index in [1.807, 2.05) is 24.3 Å². The summed E-state index contributed by atoms with van der Waals surface area (Å²) in [5.74, 6) is 0.757. The Balaban J connectivity index is 1.93. The topological polar surface area (TPSA) is 57.2 Å². The van der Waals surface area contributed by atoms with Gasteiger partial charge in [-0.1, -0.05) is 18.2 Å². The number of hydrogen-bond donors (Lipinski definition) is 1. The Labute approximate surface area is 126 Å². The van der Waals surface area contributed by atoms with E-state index in [9.17, 15) is 5.11 Å².